The van der Waals surface area contributed by atoms with E-state index in [1.165, 1.54) is 16.2 Å². The Hall–Kier alpha value is -4.38. The highest BCUT2D eigenvalue weighted by Gasteiger charge is 2.20. The van der Waals surface area contributed by atoms with Crippen LogP contribution in [-0.2, 0) is 13.6 Å². The lowest BCUT2D eigenvalue weighted by Gasteiger charge is -2.15. The summed E-state index contributed by atoms with van der Waals surface area (Å²) in [4.78, 5) is 33.3. The molecule has 3 N–H and O–H groups in total. The molecule has 0 bridgehead atoms. The number of nitrogens with one attached hydrogen (secondary N) is 2. The number of para-hydroxylation sites is 1. The number of hydrogen-bond acceptors (Lipinski definition) is 8. The lowest BCUT2D eigenvalue weighted by Crippen LogP contribution is -2.30. The molecule has 4 rings (SSSR count). The van der Waals surface area contributed by atoms with Gasteiger partial charge in [0, 0.05) is 26.8 Å². The number of rotatable bonds is 9. The molecular weight excluding hydrogens is 450 g/mol. The lowest BCUT2D eigenvalue weighted by molar-refractivity contribution is 0.0938. The first-order valence-electron chi connectivity index (χ1n) is 11.0. The quantitative estimate of drug-likeness (QED) is 0.245. The second-order valence-corrected chi connectivity index (χ2v) is 8.17. The fraction of sp³-hybridized carbons (Fsp3) is 0.250. The number of imidazole rings is 1. The first kappa shape index (κ1) is 23.8. The number of aryl methyl sites for hydroxylation is 1. The Kier molecular flexibility index (Phi) is 6.97. The average Bonchev–Trinajstić information content (AvgIpc) is 3.21. The monoisotopic (exact) mass is 477 g/mol. The van der Waals surface area contributed by atoms with Crippen LogP contribution < -0.4 is 26.3 Å². The first-order valence-corrected chi connectivity index (χ1v) is 11.0. The second kappa shape index (κ2) is 10.3. The Morgan fingerprint density at radius 3 is 2.57 bits per heavy atom. The first-order chi connectivity index (χ1) is 16.8. The number of aliphatic hydroxyl groups is 1. The molecule has 1 atom stereocenters. The number of aromatic nitrogens is 4. The van der Waals surface area contributed by atoms with Crippen molar-refractivity contribution in [1.29, 1.82) is 0 Å². The van der Waals surface area contributed by atoms with Crippen LogP contribution in [0.5, 0.6) is 5.75 Å². The number of nitrogens with zero attached hydrogens (tertiary/aromatic N) is 5. The summed E-state index contributed by atoms with van der Waals surface area (Å²) in [5.41, 5.74) is 3.86. The van der Waals surface area contributed by atoms with Crippen LogP contribution in [0, 0.1) is 0 Å². The maximum atomic E-state index is 12.6. The average molecular weight is 478 g/mol. The Labute approximate surface area is 200 Å². The van der Waals surface area contributed by atoms with Crippen LogP contribution in [0.2, 0.25) is 0 Å². The molecule has 2 heterocycles. The van der Waals surface area contributed by atoms with Crippen LogP contribution >= 0.6 is 0 Å². The SMILES string of the molecule is CN(C)c1ccc(/C=N/Nc2nc3c(c(=O)[nH]c(=O)n3C)n2C[C@H](O)COc2ccccc2)cc1. The van der Waals surface area contributed by atoms with E-state index in [9.17, 15) is 14.7 Å². The normalized spacial score (nSPS) is 12.2. The smallest absolute Gasteiger partial charge is 0.329 e. The Morgan fingerprint density at radius 1 is 1.17 bits per heavy atom. The molecule has 0 spiro atoms. The van der Waals surface area contributed by atoms with Crippen molar-refractivity contribution in [2.45, 2.75) is 12.6 Å². The summed E-state index contributed by atoms with van der Waals surface area (Å²) in [7, 11) is 5.43. The molecule has 11 heteroatoms. The number of aliphatic hydroxyl groups excluding tert-OH is 1. The fourth-order valence-electron chi connectivity index (χ4n) is 3.49. The number of aromatic amines is 1. The predicted octanol–water partition coefficient (Wildman–Crippen LogP) is 1.38. The highest BCUT2D eigenvalue weighted by Crippen LogP contribution is 2.17. The van der Waals surface area contributed by atoms with Crippen molar-refractivity contribution in [1.82, 2.24) is 19.1 Å². The van der Waals surface area contributed by atoms with Gasteiger partial charge in [0.1, 0.15) is 18.5 Å². The molecule has 2 aromatic carbocycles. The Balaban J connectivity index is 1.60. The lowest BCUT2D eigenvalue weighted by atomic mass is 10.2. The van der Waals surface area contributed by atoms with Crippen molar-refractivity contribution in [3.05, 3.63) is 81.0 Å². The summed E-state index contributed by atoms with van der Waals surface area (Å²) >= 11 is 0. The summed E-state index contributed by atoms with van der Waals surface area (Å²) in [5, 5.41) is 14.9. The van der Waals surface area contributed by atoms with E-state index < -0.39 is 17.4 Å². The van der Waals surface area contributed by atoms with Gasteiger partial charge in [-0.15, -0.1) is 0 Å². The van der Waals surface area contributed by atoms with Crippen molar-refractivity contribution in [3.8, 4) is 5.75 Å². The zero-order chi connectivity index (χ0) is 24.9. The van der Waals surface area contributed by atoms with Crippen LogP contribution in [0.4, 0.5) is 11.6 Å². The number of ether oxygens (including phenoxy) is 1. The molecule has 0 fully saturated rings. The van der Waals surface area contributed by atoms with Crippen molar-refractivity contribution in [2.24, 2.45) is 12.1 Å². The molecule has 0 saturated carbocycles. The Morgan fingerprint density at radius 2 is 1.89 bits per heavy atom. The van der Waals surface area contributed by atoms with Gasteiger partial charge < -0.3 is 19.3 Å². The van der Waals surface area contributed by atoms with E-state index in [1.54, 1.807) is 18.3 Å². The summed E-state index contributed by atoms with van der Waals surface area (Å²) in [6, 6.07) is 16.9. The summed E-state index contributed by atoms with van der Waals surface area (Å²) < 4.78 is 8.34. The number of H-pyrrole nitrogens is 1. The number of fused-ring (bicyclic) bond motifs is 1. The van der Waals surface area contributed by atoms with Gasteiger partial charge >= 0.3 is 5.69 Å². The third-order valence-electron chi connectivity index (χ3n) is 5.37. The number of benzene rings is 2. The Bertz CT molecular complexity index is 1440. The minimum absolute atomic E-state index is 0.00567. The number of anilines is 2. The van der Waals surface area contributed by atoms with Gasteiger partial charge in [0.05, 0.1) is 12.8 Å². The van der Waals surface area contributed by atoms with E-state index in [-0.39, 0.29) is 30.3 Å². The van der Waals surface area contributed by atoms with Crippen LogP contribution in [0.15, 0.2) is 69.3 Å². The van der Waals surface area contributed by atoms with Crippen molar-refractivity contribution >= 4 is 29.0 Å². The minimum atomic E-state index is -0.965. The largest absolute Gasteiger partial charge is 0.491 e. The molecule has 11 nitrogen and oxygen atoms in total. The topological polar surface area (TPSA) is 130 Å². The molecular formula is C24H27N7O4. The van der Waals surface area contributed by atoms with Gasteiger partial charge in [-0.25, -0.2) is 10.2 Å². The van der Waals surface area contributed by atoms with Crippen molar-refractivity contribution < 1.29 is 9.84 Å². The number of hydrazone groups is 1. The highest BCUT2D eigenvalue weighted by molar-refractivity contribution is 5.81. The van der Waals surface area contributed by atoms with Gasteiger partial charge in [-0.1, -0.05) is 30.3 Å². The van der Waals surface area contributed by atoms with Gasteiger partial charge in [0.15, 0.2) is 11.2 Å². The van der Waals surface area contributed by atoms with E-state index in [0.717, 1.165) is 11.3 Å². The summed E-state index contributed by atoms with van der Waals surface area (Å²) in [5.74, 6) is 0.817. The molecule has 0 amide bonds. The zero-order valence-corrected chi connectivity index (χ0v) is 19.7. The van der Waals surface area contributed by atoms with Gasteiger partial charge in [-0.3, -0.25) is 14.3 Å². The molecule has 0 aliphatic rings. The van der Waals surface area contributed by atoms with E-state index in [0.29, 0.717) is 5.75 Å². The van der Waals surface area contributed by atoms with E-state index in [4.69, 9.17) is 4.74 Å². The molecule has 4 aromatic rings. The second-order valence-electron chi connectivity index (χ2n) is 8.17. The van der Waals surface area contributed by atoms with E-state index in [1.807, 2.05) is 61.5 Å². The molecule has 0 radical (unpaired) electrons. The predicted molar refractivity (Wildman–Crippen MR) is 136 cm³/mol. The molecule has 0 saturated heterocycles. The minimum Gasteiger partial charge on any atom is -0.491 e. The van der Waals surface area contributed by atoms with Crippen LogP contribution in [0.25, 0.3) is 11.2 Å². The zero-order valence-electron chi connectivity index (χ0n) is 19.7. The fourth-order valence-corrected chi connectivity index (χ4v) is 3.49. The molecule has 2 aromatic heterocycles. The van der Waals surface area contributed by atoms with Gasteiger partial charge in [0.25, 0.3) is 5.56 Å². The molecule has 0 aliphatic heterocycles. The summed E-state index contributed by atoms with van der Waals surface area (Å²) in [6.45, 7) is -0.0196. The van der Waals surface area contributed by atoms with E-state index >= 15 is 0 Å². The highest BCUT2D eigenvalue weighted by atomic mass is 16.5. The van der Waals surface area contributed by atoms with Gasteiger partial charge in [0.2, 0.25) is 5.95 Å². The number of hydrogen-bond donors (Lipinski definition) is 3. The molecule has 0 aliphatic carbocycles. The van der Waals surface area contributed by atoms with Gasteiger partial charge in [-0.2, -0.15) is 10.1 Å². The van der Waals surface area contributed by atoms with Crippen molar-refractivity contribution in [2.75, 3.05) is 31.0 Å². The molecule has 182 valence electrons. The molecule has 0 unspecified atom stereocenters. The maximum absolute atomic E-state index is 12.6. The van der Waals surface area contributed by atoms with E-state index in [2.05, 4.69) is 20.5 Å². The van der Waals surface area contributed by atoms with Crippen LogP contribution in [0.3, 0.4) is 0 Å². The van der Waals surface area contributed by atoms with Crippen molar-refractivity contribution in [3.63, 3.8) is 0 Å². The maximum Gasteiger partial charge on any atom is 0.329 e. The van der Waals surface area contributed by atoms with Crippen LogP contribution in [-0.4, -0.2) is 57.2 Å². The van der Waals surface area contributed by atoms with Crippen LogP contribution in [0.1, 0.15) is 5.56 Å². The molecule has 35 heavy (non-hydrogen) atoms. The van der Waals surface area contributed by atoms with Gasteiger partial charge in [-0.05, 0) is 29.8 Å². The third-order valence-corrected chi connectivity index (χ3v) is 5.37. The third kappa shape index (κ3) is 5.41. The summed E-state index contributed by atoms with van der Waals surface area (Å²) in [6.07, 6.45) is 0.647. The standard InChI is InChI=1S/C24H27N7O4/c1-29(2)17-11-9-16(10-12-17)13-25-28-23-26-21-20(22(33)27-24(34)30(21)3)31(23)14-18(32)15-35-19-7-5-4-6-8-19/h4-13,18,32H,14-15H2,1-3H3,(H,26,28)(H,27,33,34)/b25-13+/t18-/m0/s1.